The SMILES string of the molecule is CN1C=[N+](C)CN(C)C1.[C-]#[O+].[C-]#[O+].[C-]#[O+].[C-]#[O+].[C-]#[O+].[C-]#[O+].[C-]#[O+].[C-]#[O+].[C-]#[O+].[C-]#[O+].[C-]#[O+].[Ru].[Ru].[Ru]. The van der Waals surface area contributed by atoms with E-state index < -0.39 is 0 Å². The van der Waals surface area contributed by atoms with Gasteiger partial charge in [0, 0.05) is 58.4 Å². The molecule has 17 heteroatoms. The largest absolute Gasteiger partial charge is 0 e. The standard InChI is InChI=1S/C6H14N3.11CO.3Ru/c1-7-4-8(2)6-9(3)5-7;11*1-2;;;/h4H,5-6H2,1-3H3;;;;;;;;;;;;;;/q+1;;;;;;;;;;;;;;. The van der Waals surface area contributed by atoms with Gasteiger partial charge in [0.15, 0.2) is 0 Å². The summed E-state index contributed by atoms with van der Waals surface area (Å²) < 4.78 is 84.7. The first-order valence-corrected chi connectivity index (χ1v) is 5.37. The van der Waals surface area contributed by atoms with Gasteiger partial charge in [-0.3, -0.25) is 9.48 Å². The molecule has 0 aromatic heterocycles. The maximum Gasteiger partial charge on any atom is 0 e. The number of hydrogen-bond acceptors (Lipinski definition) is 2. The molecule has 0 unspecified atom stereocenters. The minimum atomic E-state index is 0. The maximum absolute atomic E-state index is 7.50. The van der Waals surface area contributed by atoms with Gasteiger partial charge in [-0.25, -0.2) is 4.90 Å². The fraction of sp³-hybridized carbons (Fsp3) is 0.294. The van der Waals surface area contributed by atoms with Gasteiger partial charge in [0.2, 0.25) is 6.34 Å². The molecule has 1 aliphatic rings. The van der Waals surface area contributed by atoms with Crippen molar-refractivity contribution < 1.29 is 114 Å². The first-order chi connectivity index (χ1) is 15.2. The van der Waals surface area contributed by atoms with Crippen LogP contribution in [0, 0.1) is 73.2 Å². The molecule has 34 heavy (non-hydrogen) atoms. The van der Waals surface area contributed by atoms with Gasteiger partial charge < -0.3 is 0 Å². The van der Waals surface area contributed by atoms with Crippen LogP contribution in [-0.4, -0.2) is 55.2 Å². The first kappa shape index (κ1) is 94.3. The summed E-state index contributed by atoms with van der Waals surface area (Å²) in [4.78, 5) is 4.41. The summed E-state index contributed by atoms with van der Waals surface area (Å²) in [6.07, 6.45) is 2.11. The average molecular weight is 740 g/mol. The topological polar surface area (TPSA) is 228 Å². The van der Waals surface area contributed by atoms with Crippen LogP contribution in [0.3, 0.4) is 0 Å². The van der Waals surface area contributed by atoms with Gasteiger partial charge in [-0.1, -0.05) is 0 Å². The van der Waals surface area contributed by atoms with Gasteiger partial charge in [0.25, 0.3) is 0 Å². The van der Waals surface area contributed by atoms with Crippen molar-refractivity contribution in [2.24, 2.45) is 0 Å². The Hall–Kier alpha value is -1.56. The van der Waals surface area contributed by atoms with E-state index in [-0.39, 0.29) is 58.4 Å². The van der Waals surface area contributed by atoms with Crippen LogP contribution in [-0.2, 0) is 110 Å². The molecular weight excluding hydrogens is 725 g/mol. The molecule has 0 aromatic carbocycles. The van der Waals surface area contributed by atoms with Gasteiger partial charge in [0.05, 0.1) is 14.1 Å². The molecule has 1 heterocycles. The van der Waals surface area contributed by atoms with Crippen LogP contribution < -0.4 is 0 Å². The maximum atomic E-state index is 7.50. The Morgan fingerprint density at radius 2 is 0.676 bits per heavy atom. The third kappa shape index (κ3) is 242. The van der Waals surface area contributed by atoms with Gasteiger partial charge in [0.1, 0.15) is 13.3 Å². The molecule has 1 aliphatic heterocycles. The molecule has 0 radical (unpaired) electrons. The molecule has 0 bridgehead atoms. The van der Waals surface area contributed by atoms with Crippen molar-refractivity contribution in [2.75, 3.05) is 34.5 Å². The van der Waals surface area contributed by atoms with Crippen LogP contribution >= 0.6 is 0 Å². The van der Waals surface area contributed by atoms with E-state index in [4.69, 9.17) is 51.2 Å². The van der Waals surface area contributed by atoms with Crippen LogP contribution in [0.1, 0.15) is 0 Å². The first-order valence-electron chi connectivity index (χ1n) is 5.37. The quantitative estimate of drug-likeness (QED) is 0.132. The zero-order chi connectivity index (χ0) is 28.9. The Morgan fingerprint density at radius 1 is 0.500 bits per heavy atom. The molecule has 0 N–H and O–H groups in total. The number of nitrogens with zero attached hydrogens (tertiary/aromatic N) is 3. The molecule has 0 atom stereocenters. The molecule has 0 fully saturated rings. The third-order valence-corrected chi connectivity index (χ3v) is 1.32. The van der Waals surface area contributed by atoms with Crippen LogP contribution in [0.4, 0.5) is 0 Å². The van der Waals surface area contributed by atoms with E-state index in [1.165, 1.54) is 0 Å². The van der Waals surface area contributed by atoms with Crippen molar-refractivity contribution in [3.05, 3.63) is 73.2 Å². The molecule has 0 saturated heterocycles. The summed E-state index contributed by atoms with van der Waals surface area (Å²) in [5.41, 5.74) is 0. The molecule has 186 valence electrons. The van der Waals surface area contributed by atoms with Crippen molar-refractivity contribution in [3.8, 4) is 0 Å². The van der Waals surface area contributed by atoms with Gasteiger partial charge in [-0.2, -0.15) is 0 Å². The second kappa shape index (κ2) is 267. The summed E-state index contributed by atoms with van der Waals surface area (Å²) in [6.45, 7) is 51.6. The Labute approximate surface area is 237 Å². The smallest absolute Gasteiger partial charge is 0 e. The van der Waals surface area contributed by atoms with E-state index in [0.29, 0.717) is 0 Å². The molecule has 0 amide bonds. The minimum Gasteiger partial charge on any atom is 0 e. The van der Waals surface area contributed by atoms with E-state index in [1.54, 1.807) is 0 Å². The van der Waals surface area contributed by atoms with Gasteiger partial charge >= 0.3 is 124 Å². The molecule has 0 aliphatic carbocycles. The summed E-state index contributed by atoms with van der Waals surface area (Å²) >= 11 is 0. The van der Waals surface area contributed by atoms with Crippen molar-refractivity contribution in [1.82, 2.24) is 9.80 Å². The van der Waals surface area contributed by atoms with Crippen LogP contribution in [0.15, 0.2) is 0 Å². The molecule has 1 rings (SSSR count). The number of rotatable bonds is 0. The Balaban J connectivity index is -0.0000000117. The zero-order valence-electron chi connectivity index (χ0n) is 17.4. The van der Waals surface area contributed by atoms with Crippen LogP contribution in [0.5, 0.6) is 0 Å². The molecule has 0 saturated carbocycles. The Kier molecular flexibility index (Phi) is 741. The Bertz CT molecular complexity index is 434. The van der Waals surface area contributed by atoms with Gasteiger partial charge in [-0.15, -0.1) is 0 Å². The van der Waals surface area contributed by atoms with Gasteiger partial charge in [-0.05, 0) is 7.05 Å². The second-order valence-corrected chi connectivity index (χ2v) is 2.77. The van der Waals surface area contributed by atoms with Crippen molar-refractivity contribution in [3.63, 3.8) is 0 Å². The van der Waals surface area contributed by atoms with E-state index in [0.717, 1.165) is 13.3 Å². The molecule has 0 spiro atoms. The monoisotopic (exact) mass is 742 g/mol. The minimum absolute atomic E-state index is 0. The average Bonchev–Trinajstić information content (AvgIpc) is 2.91. The predicted octanol–water partition coefficient (Wildman–Crippen LogP) is -0.971. The summed E-state index contributed by atoms with van der Waals surface area (Å²) in [5, 5.41) is 0. The third-order valence-electron chi connectivity index (χ3n) is 1.32. The molecular formula is C17H14N3O11Ru3+. The van der Waals surface area contributed by atoms with E-state index in [9.17, 15) is 0 Å². The zero-order valence-corrected chi connectivity index (χ0v) is 22.6. The molecule has 14 nitrogen and oxygen atoms in total. The van der Waals surface area contributed by atoms with Crippen molar-refractivity contribution >= 4 is 6.34 Å². The van der Waals surface area contributed by atoms with E-state index in [2.05, 4.69) is 115 Å². The second-order valence-electron chi connectivity index (χ2n) is 2.77. The fourth-order valence-electron chi connectivity index (χ4n) is 1.22. The molecule has 0 aromatic rings. The Morgan fingerprint density at radius 3 is 0.794 bits per heavy atom. The van der Waals surface area contributed by atoms with Crippen LogP contribution in [0.2, 0.25) is 0 Å². The van der Waals surface area contributed by atoms with Crippen molar-refractivity contribution in [1.29, 1.82) is 0 Å². The van der Waals surface area contributed by atoms with Crippen LogP contribution in [0.25, 0.3) is 0 Å². The number of hydrogen-bond donors (Lipinski definition) is 0. The normalized spacial score (nSPS) is 6.50. The van der Waals surface area contributed by atoms with E-state index in [1.807, 2.05) is 0 Å². The van der Waals surface area contributed by atoms with Crippen molar-refractivity contribution in [2.45, 2.75) is 0 Å². The predicted molar refractivity (Wildman–Crippen MR) is 80.7 cm³/mol. The summed E-state index contributed by atoms with van der Waals surface area (Å²) in [5.74, 6) is 0. The summed E-state index contributed by atoms with van der Waals surface area (Å²) in [6, 6.07) is 0. The van der Waals surface area contributed by atoms with E-state index >= 15 is 0 Å². The fourth-order valence-corrected chi connectivity index (χ4v) is 1.22. The summed E-state index contributed by atoms with van der Waals surface area (Å²) in [7, 11) is 6.26.